The lowest BCUT2D eigenvalue weighted by Crippen LogP contribution is -2.50. The monoisotopic (exact) mass is 496 g/mol. The molecule has 0 spiro atoms. The third-order valence-electron chi connectivity index (χ3n) is 5.21. The summed E-state index contributed by atoms with van der Waals surface area (Å²) in [5.41, 5.74) is 2.07. The van der Waals surface area contributed by atoms with Crippen LogP contribution in [0.4, 0.5) is 0 Å². The topological polar surface area (TPSA) is 58.6 Å². The Kier molecular flexibility index (Phi) is 7.91. The van der Waals surface area contributed by atoms with E-state index in [1.165, 1.54) is 0 Å². The first-order valence-electron chi connectivity index (χ1n) is 10.7. The Balaban J connectivity index is 1.79. The molecule has 0 aliphatic heterocycles. The first-order valence-corrected chi connectivity index (χ1v) is 11.5. The van der Waals surface area contributed by atoms with Crippen LogP contribution in [0.15, 0.2) is 65.1 Å². The summed E-state index contributed by atoms with van der Waals surface area (Å²) in [5.74, 6) is 0.151. The van der Waals surface area contributed by atoms with Crippen LogP contribution in [0, 0.1) is 6.92 Å². The Bertz CT molecular complexity index is 1110. The zero-order valence-electron chi connectivity index (χ0n) is 18.9. The highest BCUT2D eigenvalue weighted by Gasteiger charge is 2.27. The molecule has 1 N–H and O–H groups in total. The molecule has 32 heavy (non-hydrogen) atoms. The number of benzene rings is 3. The van der Waals surface area contributed by atoms with Gasteiger partial charge in [-0.15, -0.1) is 0 Å². The molecule has 0 fully saturated rings. The van der Waals surface area contributed by atoms with Crippen molar-refractivity contribution in [1.82, 2.24) is 10.2 Å². The number of carbonyl (C=O) groups is 2. The van der Waals surface area contributed by atoms with Gasteiger partial charge in [-0.1, -0.05) is 60.2 Å². The number of nitrogens with one attached hydrogen (secondary N) is 1. The van der Waals surface area contributed by atoms with Gasteiger partial charge >= 0.3 is 0 Å². The summed E-state index contributed by atoms with van der Waals surface area (Å²) in [6, 6.07) is 19.1. The second-order valence-corrected chi connectivity index (χ2v) is 9.03. The molecule has 1 atom stereocenters. The van der Waals surface area contributed by atoms with E-state index in [-0.39, 0.29) is 24.5 Å². The molecule has 168 valence electrons. The van der Waals surface area contributed by atoms with Crippen LogP contribution < -0.4 is 10.1 Å². The van der Waals surface area contributed by atoms with E-state index in [2.05, 4.69) is 21.2 Å². The van der Waals surface area contributed by atoms with Gasteiger partial charge in [0.15, 0.2) is 6.61 Å². The molecule has 6 heteroatoms. The lowest BCUT2D eigenvalue weighted by Gasteiger charge is -2.29. The molecule has 5 nitrogen and oxygen atoms in total. The van der Waals surface area contributed by atoms with Gasteiger partial charge in [-0.05, 0) is 66.0 Å². The first-order chi connectivity index (χ1) is 15.3. The fourth-order valence-electron chi connectivity index (χ4n) is 3.54. The van der Waals surface area contributed by atoms with E-state index >= 15 is 0 Å². The van der Waals surface area contributed by atoms with E-state index in [1.807, 2.05) is 81.4 Å². The van der Waals surface area contributed by atoms with Crippen molar-refractivity contribution in [2.45, 2.75) is 46.3 Å². The Hall–Kier alpha value is -2.86. The van der Waals surface area contributed by atoms with Crippen molar-refractivity contribution in [2.24, 2.45) is 0 Å². The summed E-state index contributed by atoms with van der Waals surface area (Å²) in [7, 11) is 0. The van der Waals surface area contributed by atoms with Crippen LogP contribution in [0.5, 0.6) is 5.75 Å². The quantitative estimate of drug-likeness (QED) is 0.464. The second kappa shape index (κ2) is 10.6. The molecular weight excluding hydrogens is 468 g/mol. The third kappa shape index (κ3) is 5.88. The van der Waals surface area contributed by atoms with Crippen LogP contribution in [0.2, 0.25) is 0 Å². The average molecular weight is 497 g/mol. The number of hydrogen-bond acceptors (Lipinski definition) is 3. The molecule has 0 aromatic heterocycles. The van der Waals surface area contributed by atoms with Gasteiger partial charge in [-0.3, -0.25) is 9.59 Å². The molecular formula is C26H29BrN2O3. The van der Waals surface area contributed by atoms with Crippen LogP contribution in [0.1, 0.15) is 31.9 Å². The zero-order valence-corrected chi connectivity index (χ0v) is 20.5. The van der Waals surface area contributed by atoms with Crippen molar-refractivity contribution >= 4 is 38.5 Å². The maximum atomic E-state index is 13.2. The van der Waals surface area contributed by atoms with Gasteiger partial charge in [0.25, 0.3) is 5.91 Å². The molecule has 0 bridgehead atoms. The zero-order chi connectivity index (χ0) is 23.3. The maximum Gasteiger partial charge on any atom is 0.261 e. The lowest BCUT2D eigenvalue weighted by atomic mass is 10.1. The Labute approximate surface area is 197 Å². The summed E-state index contributed by atoms with van der Waals surface area (Å²) in [5, 5.41) is 4.99. The van der Waals surface area contributed by atoms with Crippen LogP contribution in [-0.4, -0.2) is 35.4 Å². The normalized spacial score (nSPS) is 11.9. The fraction of sp³-hybridized carbons (Fsp3) is 0.308. The minimum absolute atomic E-state index is 0.00863. The summed E-state index contributed by atoms with van der Waals surface area (Å²) in [6.07, 6.45) is 0. The summed E-state index contributed by atoms with van der Waals surface area (Å²) in [6.45, 7) is 7.72. The van der Waals surface area contributed by atoms with E-state index in [0.717, 1.165) is 26.4 Å². The van der Waals surface area contributed by atoms with Gasteiger partial charge in [0.1, 0.15) is 11.8 Å². The number of fused-ring (bicyclic) bond motifs is 1. The molecule has 0 saturated heterocycles. The van der Waals surface area contributed by atoms with E-state index in [9.17, 15) is 9.59 Å². The highest BCUT2D eigenvalue weighted by Crippen LogP contribution is 2.33. The van der Waals surface area contributed by atoms with Gasteiger partial charge in [0, 0.05) is 12.6 Å². The van der Waals surface area contributed by atoms with Gasteiger partial charge in [-0.25, -0.2) is 0 Å². The third-order valence-corrected chi connectivity index (χ3v) is 6.03. The number of carbonyl (C=O) groups excluding carboxylic acids is 2. The minimum atomic E-state index is -0.631. The summed E-state index contributed by atoms with van der Waals surface area (Å²) in [4.78, 5) is 27.5. The second-order valence-electron chi connectivity index (χ2n) is 8.24. The molecule has 0 saturated carbocycles. The number of halogens is 1. The minimum Gasteiger partial charge on any atom is -0.483 e. The number of hydrogen-bond donors (Lipinski definition) is 1. The van der Waals surface area contributed by atoms with Crippen molar-refractivity contribution in [1.29, 1.82) is 0 Å². The van der Waals surface area contributed by atoms with Gasteiger partial charge in [-0.2, -0.15) is 0 Å². The average Bonchev–Trinajstić information content (AvgIpc) is 2.76. The standard InChI is InChI=1S/C26H29BrN2O3/c1-17(2)28-26(31)19(4)29(15-20-9-7-8-18(3)14-20)24(30)16-32-23-13-12-21-10-5-6-11-22(21)25(23)27/h5-14,17,19H,15-16H2,1-4H3,(H,28,31). The van der Waals surface area contributed by atoms with Crippen molar-refractivity contribution < 1.29 is 14.3 Å². The number of rotatable bonds is 8. The van der Waals surface area contributed by atoms with E-state index < -0.39 is 6.04 Å². The van der Waals surface area contributed by atoms with Crippen molar-refractivity contribution in [3.05, 3.63) is 76.3 Å². The van der Waals surface area contributed by atoms with E-state index in [4.69, 9.17) is 4.74 Å². The molecule has 1 unspecified atom stereocenters. The van der Waals surface area contributed by atoms with Crippen molar-refractivity contribution in [2.75, 3.05) is 6.61 Å². The summed E-state index contributed by atoms with van der Waals surface area (Å²) < 4.78 is 6.70. The van der Waals surface area contributed by atoms with Crippen molar-refractivity contribution in [3.63, 3.8) is 0 Å². The number of nitrogens with zero attached hydrogens (tertiary/aromatic N) is 1. The largest absolute Gasteiger partial charge is 0.483 e. The highest BCUT2D eigenvalue weighted by atomic mass is 79.9. The number of amides is 2. The van der Waals surface area contributed by atoms with Crippen LogP contribution in [0.3, 0.4) is 0 Å². The molecule has 0 aliphatic rings. The molecule has 0 radical (unpaired) electrons. The maximum absolute atomic E-state index is 13.2. The molecule has 3 aromatic rings. The van der Waals surface area contributed by atoms with Gasteiger partial charge in [0.2, 0.25) is 5.91 Å². The predicted molar refractivity (Wildman–Crippen MR) is 132 cm³/mol. The molecule has 2 amide bonds. The smallest absolute Gasteiger partial charge is 0.261 e. The Morgan fingerprint density at radius 2 is 1.78 bits per heavy atom. The SMILES string of the molecule is Cc1cccc(CN(C(=O)COc2ccc3ccccc3c2Br)C(C)C(=O)NC(C)C)c1. The van der Waals surface area contributed by atoms with Crippen LogP contribution in [0.25, 0.3) is 10.8 Å². The van der Waals surface area contributed by atoms with Gasteiger partial charge in [0.05, 0.1) is 4.47 Å². The number of ether oxygens (including phenoxy) is 1. The molecule has 0 heterocycles. The van der Waals surface area contributed by atoms with Gasteiger partial charge < -0.3 is 15.0 Å². The van der Waals surface area contributed by atoms with Crippen LogP contribution >= 0.6 is 15.9 Å². The Morgan fingerprint density at radius 1 is 1.03 bits per heavy atom. The summed E-state index contributed by atoms with van der Waals surface area (Å²) >= 11 is 3.60. The van der Waals surface area contributed by atoms with E-state index in [1.54, 1.807) is 11.8 Å². The number of aryl methyl sites for hydroxylation is 1. The molecule has 3 aromatic carbocycles. The lowest BCUT2D eigenvalue weighted by molar-refractivity contribution is -0.142. The van der Waals surface area contributed by atoms with Crippen molar-refractivity contribution in [3.8, 4) is 5.75 Å². The van der Waals surface area contributed by atoms with E-state index in [0.29, 0.717) is 12.3 Å². The Morgan fingerprint density at radius 3 is 2.50 bits per heavy atom. The predicted octanol–water partition coefficient (Wildman–Crippen LogP) is 5.23. The fourth-order valence-corrected chi connectivity index (χ4v) is 4.15. The molecule has 0 aliphatic carbocycles. The molecule has 3 rings (SSSR count). The highest BCUT2D eigenvalue weighted by molar-refractivity contribution is 9.10. The van der Waals surface area contributed by atoms with Crippen LogP contribution in [-0.2, 0) is 16.1 Å². The first kappa shape index (κ1) is 23.8.